The van der Waals surface area contributed by atoms with E-state index in [9.17, 15) is 0 Å². The smallest absolute Gasteiger partial charge is 0.248 e. The third kappa shape index (κ3) is 2.20. The van der Waals surface area contributed by atoms with E-state index in [0.29, 0.717) is 5.95 Å². The van der Waals surface area contributed by atoms with Crippen molar-refractivity contribution in [2.45, 2.75) is 13.0 Å². The molecule has 0 amide bonds. The number of thiophene rings is 1. The Bertz CT molecular complexity index is 849. The van der Waals surface area contributed by atoms with Gasteiger partial charge in [-0.15, -0.1) is 11.3 Å². The van der Waals surface area contributed by atoms with Gasteiger partial charge in [-0.2, -0.15) is 4.68 Å². The van der Waals surface area contributed by atoms with E-state index in [-0.39, 0.29) is 6.04 Å². The predicted molar refractivity (Wildman–Crippen MR) is 88.1 cm³/mol. The van der Waals surface area contributed by atoms with Crippen molar-refractivity contribution < 1.29 is 0 Å². The summed E-state index contributed by atoms with van der Waals surface area (Å²) in [5, 5.41) is 18.0. The molecule has 0 fully saturated rings. The summed E-state index contributed by atoms with van der Waals surface area (Å²) in [5.74, 6) is 0.644. The van der Waals surface area contributed by atoms with Gasteiger partial charge in [0.15, 0.2) is 0 Å². The van der Waals surface area contributed by atoms with Gasteiger partial charge in [-0.05, 0) is 58.1 Å². The zero-order chi connectivity index (χ0) is 15.1. The number of anilines is 1. The first kappa shape index (κ1) is 13.5. The fourth-order valence-electron chi connectivity index (χ4n) is 2.53. The van der Waals surface area contributed by atoms with Crippen LogP contribution >= 0.6 is 22.9 Å². The number of benzene rings is 1. The van der Waals surface area contributed by atoms with E-state index < -0.39 is 0 Å². The first-order valence-electron chi connectivity index (χ1n) is 6.79. The highest BCUT2D eigenvalue weighted by Crippen LogP contribution is 2.35. The third-order valence-electron chi connectivity index (χ3n) is 3.65. The Morgan fingerprint density at radius 1 is 1.23 bits per heavy atom. The number of fused-ring (bicyclic) bond motifs is 1. The van der Waals surface area contributed by atoms with Crippen LogP contribution in [-0.2, 0) is 0 Å². The number of hydrogen-bond donors (Lipinski definition) is 1. The highest BCUT2D eigenvalue weighted by molar-refractivity contribution is 7.10. The summed E-state index contributed by atoms with van der Waals surface area (Å²) in [7, 11) is 0. The number of aromatic nitrogens is 4. The van der Waals surface area contributed by atoms with Crippen LogP contribution in [0.3, 0.4) is 0 Å². The van der Waals surface area contributed by atoms with Gasteiger partial charge in [0.1, 0.15) is 6.04 Å². The number of nitrogens with zero attached hydrogens (tertiary/aromatic N) is 4. The van der Waals surface area contributed by atoms with Crippen LogP contribution < -0.4 is 5.32 Å². The topological polar surface area (TPSA) is 55.6 Å². The zero-order valence-electron chi connectivity index (χ0n) is 11.7. The lowest BCUT2D eigenvalue weighted by atomic mass is 10.1. The van der Waals surface area contributed by atoms with Crippen molar-refractivity contribution in [3.8, 4) is 0 Å². The molecule has 110 valence electrons. The molecular weight excluding hydrogens is 318 g/mol. The molecule has 1 aliphatic rings. The van der Waals surface area contributed by atoms with E-state index in [0.717, 1.165) is 16.3 Å². The van der Waals surface area contributed by atoms with E-state index in [2.05, 4.69) is 45.3 Å². The summed E-state index contributed by atoms with van der Waals surface area (Å²) < 4.78 is 1.80. The lowest BCUT2D eigenvalue weighted by Crippen LogP contribution is -2.20. The Hall–Kier alpha value is -2.18. The van der Waals surface area contributed by atoms with E-state index >= 15 is 0 Å². The van der Waals surface area contributed by atoms with Gasteiger partial charge in [0.05, 0.1) is 0 Å². The molecule has 0 unspecified atom stereocenters. The van der Waals surface area contributed by atoms with Gasteiger partial charge < -0.3 is 5.32 Å². The van der Waals surface area contributed by atoms with Crippen LogP contribution in [0, 0.1) is 6.92 Å². The molecule has 3 heterocycles. The van der Waals surface area contributed by atoms with Crippen LogP contribution in [-0.4, -0.2) is 20.2 Å². The average Bonchev–Trinajstić information content (AvgIpc) is 3.15. The molecule has 1 aliphatic heterocycles. The Labute approximate surface area is 136 Å². The van der Waals surface area contributed by atoms with Gasteiger partial charge in [-0.1, -0.05) is 28.8 Å². The second-order valence-electron chi connectivity index (χ2n) is 5.07. The Morgan fingerprint density at radius 2 is 2.05 bits per heavy atom. The molecule has 0 aliphatic carbocycles. The summed E-state index contributed by atoms with van der Waals surface area (Å²) in [6, 6.07) is 9.84. The highest BCUT2D eigenvalue weighted by Gasteiger charge is 2.26. The predicted octanol–water partition coefficient (Wildman–Crippen LogP) is 3.75. The maximum absolute atomic E-state index is 5.97. The van der Waals surface area contributed by atoms with Gasteiger partial charge in [-0.25, -0.2) is 0 Å². The van der Waals surface area contributed by atoms with Crippen LogP contribution in [0.25, 0.3) is 5.70 Å². The summed E-state index contributed by atoms with van der Waals surface area (Å²) in [4.78, 5) is 1.24. The van der Waals surface area contributed by atoms with Crippen LogP contribution in [0.15, 0.2) is 41.8 Å². The molecule has 7 heteroatoms. The molecule has 22 heavy (non-hydrogen) atoms. The standard InChI is InChI=1S/C15H12ClN5S/c1-9-6-7-22-14(9)13-8-12(10-2-4-11(16)5-3-10)17-15-18-19-20-21(13)15/h2-8,13H,1H3,(H,17,18,20)/t13-/m1/s1. The van der Waals surface area contributed by atoms with Crippen LogP contribution in [0.1, 0.15) is 22.0 Å². The van der Waals surface area contributed by atoms with E-state index in [1.807, 2.05) is 24.3 Å². The van der Waals surface area contributed by atoms with Crippen molar-refractivity contribution in [3.63, 3.8) is 0 Å². The van der Waals surface area contributed by atoms with Gasteiger partial charge in [0, 0.05) is 15.6 Å². The first-order valence-corrected chi connectivity index (χ1v) is 8.05. The fourth-order valence-corrected chi connectivity index (χ4v) is 3.63. The molecule has 0 saturated heterocycles. The van der Waals surface area contributed by atoms with Gasteiger partial charge in [0.25, 0.3) is 0 Å². The number of halogens is 1. The van der Waals surface area contributed by atoms with Gasteiger partial charge in [-0.3, -0.25) is 0 Å². The molecule has 5 nitrogen and oxygen atoms in total. The highest BCUT2D eigenvalue weighted by atomic mass is 35.5. The summed E-state index contributed by atoms with van der Waals surface area (Å²) in [6.45, 7) is 2.10. The minimum Gasteiger partial charge on any atom is -0.323 e. The molecule has 4 rings (SSSR count). The fraction of sp³-hybridized carbons (Fsp3) is 0.133. The van der Waals surface area contributed by atoms with Crippen molar-refractivity contribution in [2.75, 3.05) is 5.32 Å². The maximum atomic E-state index is 5.97. The molecule has 1 atom stereocenters. The Balaban J connectivity index is 1.82. The van der Waals surface area contributed by atoms with E-state index in [1.54, 1.807) is 16.0 Å². The van der Waals surface area contributed by atoms with Crippen LogP contribution in [0.5, 0.6) is 0 Å². The number of hydrogen-bond acceptors (Lipinski definition) is 5. The van der Waals surface area contributed by atoms with Crippen LogP contribution in [0.2, 0.25) is 5.02 Å². The molecule has 0 bridgehead atoms. The third-order valence-corrected chi connectivity index (χ3v) is 4.99. The summed E-state index contributed by atoms with van der Waals surface area (Å²) in [5.41, 5.74) is 3.28. The molecule has 0 spiro atoms. The lowest BCUT2D eigenvalue weighted by molar-refractivity contribution is 0.591. The van der Waals surface area contributed by atoms with Crippen molar-refractivity contribution in [1.29, 1.82) is 0 Å². The SMILES string of the molecule is Cc1ccsc1[C@H]1C=C(c2ccc(Cl)cc2)Nc2nnnn21. The molecule has 3 aromatic rings. The molecule has 0 radical (unpaired) electrons. The number of nitrogens with one attached hydrogen (secondary N) is 1. The van der Waals surface area contributed by atoms with Crippen LogP contribution in [0.4, 0.5) is 5.95 Å². The van der Waals surface area contributed by atoms with Crippen molar-refractivity contribution in [2.24, 2.45) is 0 Å². The van der Waals surface area contributed by atoms with E-state index in [4.69, 9.17) is 11.6 Å². The zero-order valence-corrected chi connectivity index (χ0v) is 13.3. The molecule has 1 aromatic carbocycles. The average molecular weight is 330 g/mol. The summed E-state index contributed by atoms with van der Waals surface area (Å²) in [6.07, 6.45) is 2.14. The Morgan fingerprint density at radius 3 is 2.77 bits per heavy atom. The largest absolute Gasteiger partial charge is 0.323 e. The number of rotatable bonds is 2. The maximum Gasteiger partial charge on any atom is 0.248 e. The normalized spacial score (nSPS) is 16.8. The minimum absolute atomic E-state index is 0.00284. The monoisotopic (exact) mass is 329 g/mol. The quantitative estimate of drug-likeness (QED) is 0.778. The van der Waals surface area contributed by atoms with Gasteiger partial charge in [0.2, 0.25) is 5.95 Å². The molecule has 2 aromatic heterocycles. The lowest BCUT2D eigenvalue weighted by Gasteiger charge is -2.23. The van der Waals surface area contributed by atoms with Crippen molar-refractivity contribution >= 4 is 34.6 Å². The number of aryl methyl sites for hydroxylation is 1. The molecule has 1 N–H and O–H groups in total. The van der Waals surface area contributed by atoms with Crippen molar-refractivity contribution in [1.82, 2.24) is 20.2 Å². The first-order chi connectivity index (χ1) is 10.7. The second-order valence-corrected chi connectivity index (χ2v) is 6.46. The van der Waals surface area contributed by atoms with Gasteiger partial charge >= 0.3 is 0 Å². The van der Waals surface area contributed by atoms with E-state index in [1.165, 1.54) is 10.4 Å². The molecular formula is C15H12ClN5S. The number of allylic oxidation sites excluding steroid dienone is 1. The minimum atomic E-state index is -0.00284. The second kappa shape index (κ2) is 5.23. The molecule has 0 saturated carbocycles. The Kier molecular flexibility index (Phi) is 3.20. The number of tetrazole rings is 1. The summed E-state index contributed by atoms with van der Waals surface area (Å²) >= 11 is 7.68. The van der Waals surface area contributed by atoms with Crippen molar-refractivity contribution in [3.05, 3.63) is 62.8 Å².